The Bertz CT molecular complexity index is 381. The summed E-state index contributed by atoms with van der Waals surface area (Å²) in [6.45, 7) is 0. The standard InChI is InChI=1S/C14H19NO3/c15-11-6-7-12(16)9-13(8-11)18-14(17)10-4-2-1-3-5-10/h1-5,11-13,16H,6-9,15H2/t11-,12+,13-/m1/s1. The van der Waals surface area contributed by atoms with Gasteiger partial charge in [-0.15, -0.1) is 0 Å². The molecule has 1 fully saturated rings. The molecule has 0 heterocycles. The second-order valence-corrected chi connectivity index (χ2v) is 4.86. The first-order valence-electron chi connectivity index (χ1n) is 6.35. The number of benzene rings is 1. The molecule has 98 valence electrons. The smallest absolute Gasteiger partial charge is 0.338 e. The van der Waals surface area contributed by atoms with Gasteiger partial charge in [0.2, 0.25) is 0 Å². The van der Waals surface area contributed by atoms with E-state index in [2.05, 4.69) is 0 Å². The molecule has 0 saturated heterocycles. The molecule has 4 heteroatoms. The summed E-state index contributed by atoms with van der Waals surface area (Å²) in [7, 11) is 0. The van der Waals surface area contributed by atoms with E-state index in [1.807, 2.05) is 6.07 Å². The summed E-state index contributed by atoms with van der Waals surface area (Å²) in [4.78, 5) is 11.9. The van der Waals surface area contributed by atoms with E-state index in [0.29, 0.717) is 24.8 Å². The van der Waals surface area contributed by atoms with E-state index in [1.54, 1.807) is 24.3 Å². The molecule has 1 aliphatic rings. The third kappa shape index (κ3) is 3.55. The van der Waals surface area contributed by atoms with Crippen molar-refractivity contribution in [2.24, 2.45) is 5.73 Å². The van der Waals surface area contributed by atoms with Crippen LogP contribution >= 0.6 is 0 Å². The van der Waals surface area contributed by atoms with Crippen LogP contribution in [0.25, 0.3) is 0 Å². The summed E-state index contributed by atoms with van der Waals surface area (Å²) >= 11 is 0. The second kappa shape index (κ2) is 5.98. The van der Waals surface area contributed by atoms with Crippen LogP contribution in [0.3, 0.4) is 0 Å². The van der Waals surface area contributed by atoms with E-state index in [0.717, 1.165) is 6.42 Å². The molecule has 0 radical (unpaired) electrons. The Hall–Kier alpha value is -1.39. The fraction of sp³-hybridized carbons (Fsp3) is 0.500. The van der Waals surface area contributed by atoms with E-state index in [4.69, 9.17) is 10.5 Å². The van der Waals surface area contributed by atoms with E-state index < -0.39 is 6.10 Å². The predicted molar refractivity (Wildman–Crippen MR) is 68.1 cm³/mol. The van der Waals surface area contributed by atoms with Crippen molar-refractivity contribution in [2.45, 2.75) is 43.9 Å². The Labute approximate surface area is 107 Å². The normalized spacial score (nSPS) is 28.4. The number of rotatable bonds is 2. The minimum absolute atomic E-state index is 0.00396. The summed E-state index contributed by atoms with van der Waals surface area (Å²) in [5, 5.41) is 9.71. The maximum atomic E-state index is 11.9. The largest absolute Gasteiger partial charge is 0.459 e. The van der Waals surface area contributed by atoms with Gasteiger partial charge in [0.15, 0.2) is 0 Å². The minimum atomic E-state index is -0.424. The maximum absolute atomic E-state index is 11.9. The van der Waals surface area contributed by atoms with Crippen LogP contribution in [0, 0.1) is 0 Å². The number of hydrogen-bond acceptors (Lipinski definition) is 4. The Kier molecular flexibility index (Phi) is 4.33. The van der Waals surface area contributed by atoms with Gasteiger partial charge < -0.3 is 15.6 Å². The average molecular weight is 249 g/mol. The lowest BCUT2D eigenvalue weighted by Crippen LogP contribution is -2.28. The van der Waals surface area contributed by atoms with Gasteiger partial charge in [-0.2, -0.15) is 0 Å². The number of hydrogen-bond donors (Lipinski definition) is 2. The maximum Gasteiger partial charge on any atom is 0.338 e. The van der Waals surface area contributed by atoms with E-state index >= 15 is 0 Å². The quantitative estimate of drug-likeness (QED) is 0.615. The number of aliphatic hydroxyl groups excluding tert-OH is 1. The molecule has 4 nitrogen and oxygen atoms in total. The molecule has 1 aromatic carbocycles. The van der Waals surface area contributed by atoms with Crippen molar-refractivity contribution in [1.29, 1.82) is 0 Å². The lowest BCUT2D eigenvalue weighted by Gasteiger charge is -2.18. The number of esters is 1. The lowest BCUT2D eigenvalue weighted by molar-refractivity contribution is 0.0151. The van der Waals surface area contributed by atoms with E-state index in [-0.39, 0.29) is 18.1 Å². The van der Waals surface area contributed by atoms with Crippen LogP contribution in [0.15, 0.2) is 30.3 Å². The highest BCUT2D eigenvalue weighted by atomic mass is 16.5. The van der Waals surface area contributed by atoms with Crippen LogP contribution in [-0.2, 0) is 4.74 Å². The SMILES string of the molecule is N[C@@H]1CC[C@H](O)C[C@H](OC(=O)c2ccccc2)C1. The first-order chi connectivity index (χ1) is 8.65. The van der Waals surface area contributed by atoms with Crippen LogP contribution in [0.1, 0.15) is 36.0 Å². The lowest BCUT2D eigenvalue weighted by atomic mass is 10.1. The fourth-order valence-electron chi connectivity index (χ4n) is 2.27. The van der Waals surface area contributed by atoms with Crippen LogP contribution < -0.4 is 5.73 Å². The van der Waals surface area contributed by atoms with Gasteiger partial charge in [-0.25, -0.2) is 4.79 Å². The van der Waals surface area contributed by atoms with Crippen LogP contribution in [0.2, 0.25) is 0 Å². The minimum Gasteiger partial charge on any atom is -0.459 e. The van der Waals surface area contributed by atoms with Crippen LogP contribution in [0.4, 0.5) is 0 Å². The van der Waals surface area contributed by atoms with Crippen molar-refractivity contribution in [3.63, 3.8) is 0 Å². The molecule has 0 spiro atoms. The summed E-state index contributed by atoms with van der Waals surface area (Å²) in [6.07, 6.45) is 1.85. The zero-order valence-corrected chi connectivity index (χ0v) is 10.3. The van der Waals surface area contributed by atoms with Gasteiger partial charge in [0, 0.05) is 12.5 Å². The second-order valence-electron chi connectivity index (χ2n) is 4.86. The first kappa shape index (κ1) is 13.1. The Balaban J connectivity index is 1.97. The third-order valence-corrected chi connectivity index (χ3v) is 3.25. The molecular formula is C14H19NO3. The highest BCUT2D eigenvalue weighted by molar-refractivity contribution is 5.89. The summed E-state index contributed by atoms with van der Waals surface area (Å²) in [5.41, 5.74) is 6.43. The molecule has 0 amide bonds. The molecule has 1 aliphatic carbocycles. The van der Waals surface area contributed by atoms with Crippen molar-refractivity contribution in [3.8, 4) is 0 Å². The van der Waals surface area contributed by atoms with E-state index in [1.165, 1.54) is 0 Å². The van der Waals surface area contributed by atoms with Crippen LogP contribution in [0.5, 0.6) is 0 Å². The van der Waals surface area contributed by atoms with Gasteiger partial charge in [-0.05, 0) is 31.4 Å². The van der Waals surface area contributed by atoms with Gasteiger partial charge in [0.05, 0.1) is 11.7 Å². The summed E-state index contributed by atoms with van der Waals surface area (Å²) in [6, 6.07) is 8.87. The number of ether oxygens (including phenoxy) is 1. The molecule has 0 aromatic heterocycles. The topological polar surface area (TPSA) is 72.6 Å². The first-order valence-corrected chi connectivity index (χ1v) is 6.35. The van der Waals surface area contributed by atoms with Crippen molar-refractivity contribution in [1.82, 2.24) is 0 Å². The molecule has 1 aromatic rings. The van der Waals surface area contributed by atoms with Crippen molar-refractivity contribution >= 4 is 5.97 Å². The molecule has 0 bridgehead atoms. The van der Waals surface area contributed by atoms with Crippen LogP contribution in [-0.4, -0.2) is 29.3 Å². The molecule has 2 rings (SSSR count). The molecule has 3 N–H and O–H groups in total. The summed E-state index contributed by atoms with van der Waals surface area (Å²) < 4.78 is 5.42. The van der Waals surface area contributed by atoms with Gasteiger partial charge in [0.25, 0.3) is 0 Å². The number of nitrogens with two attached hydrogens (primary N) is 1. The van der Waals surface area contributed by atoms with Crippen molar-refractivity contribution in [3.05, 3.63) is 35.9 Å². The Morgan fingerprint density at radius 1 is 1.22 bits per heavy atom. The zero-order chi connectivity index (χ0) is 13.0. The van der Waals surface area contributed by atoms with E-state index in [9.17, 15) is 9.90 Å². The number of carbonyl (C=O) groups excluding carboxylic acids is 1. The monoisotopic (exact) mass is 249 g/mol. The zero-order valence-electron chi connectivity index (χ0n) is 10.3. The highest BCUT2D eigenvalue weighted by Crippen LogP contribution is 2.21. The Morgan fingerprint density at radius 2 is 1.94 bits per heavy atom. The van der Waals surface area contributed by atoms with Gasteiger partial charge >= 0.3 is 5.97 Å². The number of aliphatic hydroxyl groups is 1. The molecular weight excluding hydrogens is 230 g/mol. The third-order valence-electron chi connectivity index (χ3n) is 3.25. The molecule has 0 unspecified atom stereocenters. The number of carbonyl (C=O) groups is 1. The van der Waals surface area contributed by atoms with Gasteiger partial charge in [-0.3, -0.25) is 0 Å². The predicted octanol–water partition coefficient (Wildman–Crippen LogP) is 1.47. The fourth-order valence-corrected chi connectivity index (χ4v) is 2.27. The molecule has 3 atom stereocenters. The molecule has 1 saturated carbocycles. The van der Waals surface area contributed by atoms with Crippen molar-refractivity contribution in [2.75, 3.05) is 0 Å². The van der Waals surface area contributed by atoms with Crippen molar-refractivity contribution < 1.29 is 14.6 Å². The Morgan fingerprint density at radius 3 is 2.67 bits per heavy atom. The van der Waals surface area contributed by atoms with Gasteiger partial charge in [-0.1, -0.05) is 18.2 Å². The molecule has 18 heavy (non-hydrogen) atoms. The molecule has 0 aliphatic heterocycles. The summed E-state index contributed by atoms with van der Waals surface area (Å²) in [5.74, 6) is -0.345. The average Bonchev–Trinajstić information content (AvgIpc) is 2.52. The highest BCUT2D eigenvalue weighted by Gasteiger charge is 2.25. The van der Waals surface area contributed by atoms with Gasteiger partial charge in [0.1, 0.15) is 6.10 Å².